The van der Waals surface area contributed by atoms with E-state index in [-0.39, 0.29) is 12.5 Å². The van der Waals surface area contributed by atoms with Crippen LogP contribution >= 0.6 is 27.3 Å². The third-order valence-corrected chi connectivity index (χ3v) is 7.64. The number of anilines is 1. The quantitative estimate of drug-likeness (QED) is 0.542. The minimum Gasteiger partial charge on any atom is -0.282 e. The van der Waals surface area contributed by atoms with Crippen LogP contribution in [0.2, 0.25) is 0 Å². The van der Waals surface area contributed by atoms with Crippen LogP contribution < -0.4 is 4.90 Å². The van der Waals surface area contributed by atoms with Crippen molar-refractivity contribution in [3.63, 3.8) is 0 Å². The van der Waals surface area contributed by atoms with E-state index in [1.807, 2.05) is 30.3 Å². The van der Waals surface area contributed by atoms with Crippen molar-refractivity contribution in [2.45, 2.75) is 25.4 Å². The lowest BCUT2D eigenvalue weighted by Gasteiger charge is -2.27. The van der Waals surface area contributed by atoms with Gasteiger partial charge in [-0.2, -0.15) is 4.31 Å². The van der Waals surface area contributed by atoms with Crippen molar-refractivity contribution in [3.8, 4) is 0 Å². The van der Waals surface area contributed by atoms with Gasteiger partial charge in [-0.3, -0.25) is 14.7 Å². The molecule has 3 heterocycles. The molecule has 0 aliphatic carbocycles. The lowest BCUT2D eigenvalue weighted by atomic mass is 10.2. The average Bonchev–Trinajstić information content (AvgIpc) is 3.33. The Kier molecular flexibility index (Phi) is 5.69. The van der Waals surface area contributed by atoms with Crippen molar-refractivity contribution >= 4 is 58.5 Å². The van der Waals surface area contributed by atoms with Crippen molar-refractivity contribution in [1.29, 1.82) is 0 Å². The molecule has 1 amide bonds. The Balaban J connectivity index is 1.74. The molecule has 0 bridgehead atoms. The Hall–Kier alpha value is -1.88. The zero-order chi connectivity index (χ0) is 20.6. The first-order chi connectivity index (χ1) is 13.8. The molecule has 1 unspecified atom stereocenters. The molecule has 1 fully saturated rings. The molecule has 1 aromatic carbocycles. The summed E-state index contributed by atoms with van der Waals surface area (Å²) in [5.74, 6) is -0.255. The van der Waals surface area contributed by atoms with Crippen molar-refractivity contribution in [1.82, 2.24) is 14.3 Å². The summed E-state index contributed by atoms with van der Waals surface area (Å²) >= 11 is 4.87. The number of benzene rings is 1. The molecule has 1 atom stereocenters. The van der Waals surface area contributed by atoms with Crippen LogP contribution in [0.15, 0.2) is 47.2 Å². The van der Waals surface area contributed by atoms with Crippen LogP contribution in [-0.4, -0.2) is 47.4 Å². The molecule has 152 valence electrons. The number of fused-ring (bicyclic) bond motifs is 1. The minimum absolute atomic E-state index is 0.255. The molecular weight excluding hydrogens is 476 g/mol. The Bertz CT molecular complexity index is 1150. The number of hydrogen-bond acceptors (Lipinski definition) is 6. The number of carbonyl (C=O) groups excluding carboxylic acids is 1. The van der Waals surface area contributed by atoms with Gasteiger partial charge < -0.3 is 0 Å². The van der Waals surface area contributed by atoms with Gasteiger partial charge in [-0.15, -0.1) is 0 Å². The van der Waals surface area contributed by atoms with Crippen molar-refractivity contribution in [3.05, 3.63) is 52.8 Å². The van der Waals surface area contributed by atoms with E-state index < -0.39 is 16.1 Å². The Morgan fingerprint density at radius 2 is 2.21 bits per heavy atom. The molecule has 7 nitrogen and oxygen atoms in total. The van der Waals surface area contributed by atoms with Gasteiger partial charge in [-0.25, -0.2) is 13.4 Å². The van der Waals surface area contributed by atoms with Crippen LogP contribution in [0.5, 0.6) is 0 Å². The number of amides is 1. The van der Waals surface area contributed by atoms with Crippen molar-refractivity contribution in [2.24, 2.45) is 0 Å². The van der Waals surface area contributed by atoms with Gasteiger partial charge in [0, 0.05) is 23.4 Å². The number of thiazole rings is 1. The van der Waals surface area contributed by atoms with Gasteiger partial charge >= 0.3 is 0 Å². The van der Waals surface area contributed by atoms with E-state index in [1.54, 1.807) is 17.3 Å². The second-order valence-corrected chi connectivity index (χ2v) is 10.8. The maximum Gasteiger partial charge on any atom is 0.247 e. The maximum absolute atomic E-state index is 13.5. The molecule has 29 heavy (non-hydrogen) atoms. The molecule has 0 spiro atoms. The number of hydrogen-bond donors (Lipinski definition) is 0. The zero-order valence-electron chi connectivity index (χ0n) is 15.7. The van der Waals surface area contributed by atoms with Crippen LogP contribution in [-0.2, 0) is 21.4 Å². The third kappa shape index (κ3) is 4.35. The molecule has 10 heteroatoms. The van der Waals surface area contributed by atoms with Crippen LogP contribution in [0, 0.1) is 0 Å². The Morgan fingerprint density at radius 3 is 2.93 bits per heavy atom. The fraction of sp³-hybridized carbons (Fsp3) is 0.316. The molecule has 0 N–H and O–H groups in total. The first-order valence-corrected chi connectivity index (χ1v) is 12.5. The standard InChI is InChI=1S/C19H19BrN4O3S2/c1-29(26,27)24-9-3-5-16(24)18(25)23(12-13-4-2-8-21-11-13)19-22-15-7-6-14(20)10-17(15)28-19/h2,4,6-8,10-11,16H,3,5,9,12H2,1H3. The maximum atomic E-state index is 13.5. The summed E-state index contributed by atoms with van der Waals surface area (Å²) in [6.07, 6.45) is 5.70. The average molecular weight is 495 g/mol. The minimum atomic E-state index is -3.47. The van der Waals surface area contributed by atoms with Crippen LogP contribution in [0.25, 0.3) is 10.2 Å². The molecule has 1 aliphatic rings. The van der Waals surface area contributed by atoms with Gasteiger partial charge in [0.05, 0.1) is 23.0 Å². The van der Waals surface area contributed by atoms with E-state index in [2.05, 4.69) is 25.9 Å². The third-order valence-electron chi connectivity index (χ3n) is 4.81. The second kappa shape index (κ2) is 8.10. The SMILES string of the molecule is CS(=O)(=O)N1CCCC1C(=O)N(Cc1cccnc1)c1nc2ccc(Br)cc2s1. The van der Waals surface area contributed by atoms with E-state index in [1.165, 1.54) is 15.6 Å². The molecule has 0 radical (unpaired) electrons. The molecular formula is C19H19BrN4O3S2. The predicted octanol–water partition coefficient (Wildman–Crippen LogP) is 3.41. The summed E-state index contributed by atoms with van der Waals surface area (Å²) in [4.78, 5) is 23.9. The monoisotopic (exact) mass is 494 g/mol. The smallest absolute Gasteiger partial charge is 0.247 e. The van der Waals surface area contributed by atoms with E-state index in [9.17, 15) is 13.2 Å². The van der Waals surface area contributed by atoms with E-state index >= 15 is 0 Å². The molecule has 1 saturated heterocycles. The number of sulfonamides is 1. The molecule has 0 saturated carbocycles. The summed E-state index contributed by atoms with van der Waals surface area (Å²) in [6, 6.07) is 8.75. The summed E-state index contributed by atoms with van der Waals surface area (Å²) in [5, 5.41) is 0.548. The lowest BCUT2D eigenvalue weighted by Crippen LogP contribution is -2.47. The number of rotatable bonds is 5. The number of aromatic nitrogens is 2. The van der Waals surface area contributed by atoms with Gasteiger partial charge in [0.1, 0.15) is 6.04 Å². The molecule has 4 rings (SSSR count). The van der Waals surface area contributed by atoms with Crippen LogP contribution in [0.1, 0.15) is 18.4 Å². The highest BCUT2D eigenvalue weighted by molar-refractivity contribution is 9.10. The van der Waals surface area contributed by atoms with Crippen LogP contribution in [0.3, 0.4) is 0 Å². The van der Waals surface area contributed by atoms with Gasteiger partial charge in [-0.05, 0) is 42.7 Å². The highest BCUT2D eigenvalue weighted by Gasteiger charge is 2.39. The van der Waals surface area contributed by atoms with Crippen molar-refractivity contribution in [2.75, 3.05) is 17.7 Å². The van der Waals surface area contributed by atoms with Gasteiger partial charge in [0.15, 0.2) is 5.13 Å². The highest BCUT2D eigenvalue weighted by Crippen LogP contribution is 2.33. The Morgan fingerprint density at radius 1 is 1.38 bits per heavy atom. The molecule has 2 aromatic heterocycles. The first kappa shape index (κ1) is 20.4. The fourth-order valence-corrected chi connectivity index (χ4v) is 6.12. The number of pyridine rings is 1. The summed E-state index contributed by atoms with van der Waals surface area (Å²) < 4.78 is 27.5. The lowest BCUT2D eigenvalue weighted by molar-refractivity contribution is -0.121. The van der Waals surface area contributed by atoms with E-state index in [4.69, 9.17) is 0 Å². The van der Waals surface area contributed by atoms with E-state index in [0.29, 0.717) is 24.5 Å². The molecule has 1 aliphatic heterocycles. The number of halogens is 1. The van der Waals surface area contributed by atoms with Gasteiger partial charge in [0.2, 0.25) is 15.9 Å². The topological polar surface area (TPSA) is 83.5 Å². The second-order valence-electron chi connectivity index (χ2n) is 6.93. The van der Waals surface area contributed by atoms with Gasteiger partial charge in [0.25, 0.3) is 0 Å². The van der Waals surface area contributed by atoms with E-state index in [0.717, 1.165) is 26.5 Å². The predicted molar refractivity (Wildman–Crippen MR) is 117 cm³/mol. The number of carbonyl (C=O) groups is 1. The Labute approximate surface area is 181 Å². The summed E-state index contributed by atoms with van der Waals surface area (Å²) in [6.45, 7) is 0.643. The van der Waals surface area contributed by atoms with Crippen LogP contribution in [0.4, 0.5) is 5.13 Å². The summed E-state index contributed by atoms with van der Waals surface area (Å²) in [7, 11) is -3.47. The summed E-state index contributed by atoms with van der Waals surface area (Å²) in [5.41, 5.74) is 1.65. The fourth-order valence-electron chi connectivity index (χ4n) is 3.48. The largest absolute Gasteiger partial charge is 0.282 e. The molecule has 3 aromatic rings. The van der Waals surface area contributed by atoms with Gasteiger partial charge in [-0.1, -0.05) is 33.3 Å². The number of nitrogens with zero attached hydrogens (tertiary/aromatic N) is 4. The van der Waals surface area contributed by atoms with Crippen molar-refractivity contribution < 1.29 is 13.2 Å². The highest BCUT2D eigenvalue weighted by atomic mass is 79.9. The zero-order valence-corrected chi connectivity index (χ0v) is 18.9. The normalized spacial score (nSPS) is 17.7. The first-order valence-electron chi connectivity index (χ1n) is 9.06.